The second kappa shape index (κ2) is 5.67. The molecule has 0 bridgehead atoms. The minimum atomic E-state index is -3.66. The molecule has 2 aromatic rings. The van der Waals surface area contributed by atoms with Crippen molar-refractivity contribution in [1.82, 2.24) is 0 Å². The normalized spacial score (nSPS) is 11.6. The molecular formula is C12H11Cl2NO5S. The number of hydrogen-bond acceptors (Lipinski definition) is 5. The Morgan fingerprint density at radius 3 is 2.43 bits per heavy atom. The largest absolute Gasteiger partial charge is 0.502 e. The van der Waals surface area contributed by atoms with Gasteiger partial charge < -0.3 is 14.6 Å². The lowest BCUT2D eigenvalue weighted by atomic mass is 10.1. The summed E-state index contributed by atoms with van der Waals surface area (Å²) in [4.78, 5) is 0. The third-order valence-corrected chi connectivity index (χ3v) is 4.66. The van der Waals surface area contributed by atoms with Crippen LogP contribution in [0.15, 0.2) is 22.6 Å². The maximum atomic E-state index is 11.5. The zero-order chi connectivity index (χ0) is 15.8. The van der Waals surface area contributed by atoms with Crippen LogP contribution < -0.4 is 4.72 Å². The molecule has 3 N–H and O–H groups in total. The van der Waals surface area contributed by atoms with E-state index in [0.717, 1.165) is 0 Å². The van der Waals surface area contributed by atoms with Gasteiger partial charge >= 0.3 is 0 Å². The van der Waals surface area contributed by atoms with Crippen LogP contribution in [-0.4, -0.2) is 24.4 Å². The first-order valence-corrected chi connectivity index (χ1v) is 8.16. The Morgan fingerprint density at radius 1 is 1.19 bits per heavy atom. The van der Waals surface area contributed by atoms with Crippen molar-refractivity contribution >= 4 is 39.1 Å². The van der Waals surface area contributed by atoms with Gasteiger partial charge in [0.05, 0.1) is 15.8 Å². The van der Waals surface area contributed by atoms with Gasteiger partial charge in [-0.1, -0.05) is 23.2 Å². The average molecular weight is 352 g/mol. The number of aromatic hydroxyl groups is 2. The number of benzene rings is 1. The standard InChI is InChI=1S/C12H11Cl2NO5S/c1-2-21(18,19)15-12-10(17)9(16)11(20-12)6-3-4-7(13)8(14)5-6/h3-5,15-17H,2H2,1H3. The van der Waals surface area contributed by atoms with E-state index in [1.165, 1.54) is 25.1 Å². The minimum Gasteiger partial charge on any atom is -0.502 e. The third kappa shape index (κ3) is 3.20. The SMILES string of the molecule is CCS(=O)(=O)Nc1oc(-c2ccc(Cl)c(Cl)c2)c(O)c1O. The molecule has 0 spiro atoms. The molecule has 0 amide bonds. The second-order valence-electron chi connectivity index (χ2n) is 4.09. The summed E-state index contributed by atoms with van der Waals surface area (Å²) in [6, 6.07) is 4.40. The van der Waals surface area contributed by atoms with Crippen LogP contribution in [-0.2, 0) is 10.0 Å². The van der Waals surface area contributed by atoms with E-state index in [0.29, 0.717) is 10.6 Å². The molecular weight excluding hydrogens is 341 g/mol. The van der Waals surface area contributed by atoms with Gasteiger partial charge in [-0.25, -0.2) is 13.1 Å². The molecule has 6 nitrogen and oxygen atoms in total. The summed E-state index contributed by atoms with van der Waals surface area (Å²) in [5, 5.41) is 20.1. The van der Waals surface area contributed by atoms with Crippen molar-refractivity contribution in [3.05, 3.63) is 28.2 Å². The monoisotopic (exact) mass is 351 g/mol. The zero-order valence-corrected chi connectivity index (χ0v) is 13.1. The highest BCUT2D eigenvalue weighted by Gasteiger charge is 2.23. The fourth-order valence-corrected chi connectivity index (χ4v) is 2.39. The van der Waals surface area contributed by atoms with Gasteiger partial charge in [-0.05, 0) is 25.1 Å². The van der Waals surface area contributed by atoms with E-state index < -0.39 is 27.4 Å². The molecule has 2 rings (SSSR count). The molecule has 0 aliphatic rings. The van der Waals surface area contributed by atoms with E-state index in [-0.39, 0.29) is 16.5 Å². The van der Waals surface area contributed by atoms with Gasteiger partial charge in [0.25, 0.3) is 5.88 Å². The maximum Gasteiger partial charge on any atom is 0.253 e. The Hall–Kier alpha value is -1.57. The topological polar surface area (TPSA) is 99.8 Å². The highest BCUT2D eigenvalue weighted by Crippen LogP contribution is 2.46. The molecule has 1 aromatic carbocycles. The van der Waals surface area contributed by atoms with E-state index in [1.807, 2.05) is 4.72 Å². The average Bonchev–Trinajstić information content (AvgIpc) is 2.70. The van der Waals surface area contributed by atoms with Crippen LogP contribution in [0, 0.1) is 0 Å². The molecule has 1 aromatic heterocycles. The fourth-order valence-electron chi connectivity index (χ4n) is 1.53. The third-order valence-electron chi connectivity index (χ3n) is 2.67. The van der Waals surface area contributed by atoms with Crippen molar-refractivity contribution < 1.29 is 23.0 Å². The molecule has 0 aliphatic carbocycles. The number of sulfonamides is 1. The Balaban J connectivity index is 2.49. The smallest absolute Gasteiger partial charge is 0.253 e. The summed E-state index contributed by atoms with van der Waals surface area (Å²) in [6.07, 6.45) is 0. The Kier molecular flexibility index (Phi) is 4.27. The summed E-state index contributed by atoms with van der Waals surface area (Å²) in [5.41, 5.74) is 0.333. The first-order chi connectivity index (χ1) is 9.75. The van der Waals surface area contributed by atoms with E-state index >= 15 is 0 Å². The predicted octanol–water partition coefficient (Wildman–Crippen LogP) is 3.43. The lowest BCUT2D eigenvalue weighted by molar-refractivity contribution is 0.410. The van der Waals surface area contributed by atoms with Crippen molar-refractivity contribution in [2.75, 3.05) is 10.5 Å². The number of anilines is 1. The van der Waals surface area contributed by atoms with Gasteiger partial charge in [-0.2, -0.15) is 0 Å². The van der Waals surface area contributed by atoms with Gasteiger partial charge in [-0.3, -0.25) is 0 Å². The molecule has 0 aliphatic heterocycles. The van der Waals surface area contributed by atoms with Crippen molar-refractivity contribution in [2.24, 2.45) is 0 Å². The molecule has 0 radical (unpaired) electrons. The molecule has 114 valence electrons. The molecule has 9 heteroatoms. The van der Waals surface area contributed by atoms with E-state index in [1.54, 1.807) is 0 Å². The van der Waals surface area contributed by atoms with Gasteiger partial charge in [0, 0.05) is 5.56 Å². The molecule has 0 saturated heterocycles. The van der Waals surface area contributed by atoms with E-state index in [4.69, 9.17) is 27.6 Å². The van der Waals surface area contributed by atoms with Crippen molar-refractivity contribution in [2.45, 2.75) is 6.92 Å². The van der Waals surface area contributed by atoms with Crippen LogP contribution in [0.2, 0.25) is 10.0 Å². The van der Waals surface area contributed by atoms with Gasteiger partial charge in [-0.15, -0.1) is 0 Å². The summed E-state index contributed by atoms with van der Waals surface area (Å²) >= 11 is 11.6. The van der Waals surface area contributed by atoms with Crippen LogP contribution in [0.25, 0.3) is 11.3 Å². The molecule has 21 heavy (non-hydrogen) atoms. The second-order valence-corrected chi connectivity index (χ2v) is 6.92. The zero-order valence-electron chi connectivity index (χ0n) is 10.7. The number of hydrogen-bond donors (Lipinski definition) is 3. The fraction of sp³-hybridized carbons (Fsp3) is 0.167. The molecule has 0 atom stereocenters. The minimum absolute atomic E-state index is 0.125. The van der Waals surface area contributed by atoms with Crippen LogP contribution in [0.3, 0.4) is 0 Å². The number of furan rings is 1. The van der Waals surface area contributed by atoms with Gasteiger partial charge in [0.2, 0.25) is 21.5 Å². The Morgan fingerprint density at radius 2 is 1.86 bits per heavy atom. The summed E-state index contributed by atoms with van der Waals surface area (Å²) in [6.45, 7) is 1.42. The van der Waals surface area contributed by atoms with Crippen LogP contribution in [0.4, 0.5) is 5.88 Å². The molecule has 0 fully saturated rings. The predicted molar refractivity (Wildman–Crippen MR) is 80.6 cm³/mol. The summed E-state index contributed by atoms with van der Waals surface area (Å²) < 4.78 is 30.2. The first kappa shape index (κ1) is 15.8. The maximum absolute atomic E-state index is 11.5. The summed E-state index contributed by atoms with van der Waals surface area (Å²) in [7, 11) is -3.66. The quantitative estimate of drug-likeness (QED) is 0.783. The van der Waals surface area contributed by atoms with Crippen LogP contribution >= 0.6 is 23.2 Å². The summed E-state index contributed by atoms with van der Waals surface area (Å²) in [5.74, 6) is -2.10. The lowest BCUT2D eigenvalue weighted by Crippen LogP contribution is -2.14. The van der Waals surface area contributed by atoms with Crippen molar-refractivity contribution in [3.63, 3.8) is 0 Å². The van der Waals surface area contributed by atoms with E-state index in [2.05, 4.69) is 0 Å². The Bertz CT molecular complexity index is 785. The number of nitrogens with one attached hydrogen (secondary N) is 1. The number of rotatable bonds is 4. The first-order valence-electron chi connectivity index (χ1n) is 5.75. The highest BCUT2D eigenvalue weighted by molar-refractivity contribution is 7.92. The van der Waals surface area contributed by atoms with E-state index in [9.17, 15) is 18.6 Å². The van der Waals surface area contributed by atoms with Crippen LogP contribution in [0.5, 0.6) is 11.5 Å². The van der Waals surface area contributed by atoms with Crippen LogP contribution in [0.1, 0.15) is 6.92 Å². The van der Waals surface area contributed by atoms with Gasteiger partial charge in [0.1, 0.15) is 0 Å². The number of halogens is 2. The lowest BCUT2D eigenvalue weighted by Gasteiger charge is -2.02. The van der Waals surface area contributed by atoms with Gasteiger partial charge in [0.15, 0.2) is 5.76 Å². The van der Waals surface area contributed by atoms with Crippen molar-refractivity contribution in [3.8, 4) is 22.8 Å². The molecule has 1 heterocycles. The highest BCUT2D eigenvalue weighted by atomic mass is 35.5. The Labute approximate surface area is 131 Å². The van der Waals surface area contributed by atoms with Crippen molar-refractivity contribution in [1.29, 1.82) is 0 Å². The molecule has 0 saturated carbocycles. The molecule has 0 unspecified atom stereocenters.